The molecular weight excluding hydrogens is 644 g/mol. The first kappa shape index (κ1) is 41.1. The maximum absolute atomic E-state index is 13.3. The number of carbonyl (C=O) groups is 4. The lowest BCUT2D eigenvalue weighted by Crippen LogP contribution is -2.50. The van der Waals surface area contributed by atoms with Crippen LogP contribution in [0.5, 0.6) is 0 Å². The van der Waals surface area contributed by atoms with Gasteiger partial charge in [-0.1, -0.05) is 13.8 Å². The van der Waals surface area contributed by atoms with Crippen LogP contribution in [0.1, 0.15) is 13.8 Å². The van der Waals surface area contributed by atoms with Crippen LogP contribution >= 0.6 is 0 Å². The second-order valence-electron chi connectivity index (χ2n) is 8.96. The first-order valence-electron chi connectivity index (χ1n) is 13.1. The molecule has 0 aliphatic heterocycles. The quantitative estimate of drug-likeness (QED) is 0.104. The Hall–Kier alpha value is -2.85. The summed E-state index contributed by atoms with van der Waals surface area (Å²) in [6, 6.07) is 0. The Balaban J connectivity index is 5.29. The van der Waals surface area contributed by atoms with Gasteiger partial charge in [0.25, 0.3) is 17.7 Å². The summed E-state index contributed by atoms with van der Waals surface area (Å²) in [7, 11) is -6.03. The van der Waals surface area contributed by atoms with Crippen molar-refractivity contribution in [1.29, 1.82) is 0 Å². The van der Waals surface area contributed by atoms with E-state index in [1.807, 2.05) is 5.32 Å². The summed E-state index contributed by atoms with van der Waals surface area (Å²) >= 11 is 0. The predicted molar refractivity (Wildman–Crippen MR) is 138 cm³/mol. The molecular formula is C22H36F8N6O7S. The van der Waals surface area contributed by atoms with Gasteiger partial charge in [-0.15, -0.1) is 0 Å². The summed E-state index contributed by atoms with van der Waals surface area (Å²) in [4.78, 5) is 50.7. The van der Waals surface area contributed by atoms with E-state index in [2.05, 4.69) is 0 Å². The Labute approximate surface area is 248 Å². The third-order valence-electron chi connectivity index (χ3n) is 6.13. The van der Waals surface area contributed by atoms with Crippen LogP contribution in [0, 0.1) is 0 Å². The van der Waals surface area contributed by atoms with Crippen LogP contribution < -0.4 is 10.6 Å². The Bertz CT molecular complexity index is 1040. The van der Waals surface area contributed by atoms with Crippen LogP contribution in [0.3, 0.4) is 0 Å². The van der Waals surface area contributed by atoms with Crippen molar-refractivity contribution in [3.05, 3.63) is 0 Å². The van der Waals surface area contributed by atoms with Gasteiger partial charge in [0.15, 0.2) is 0 Å². The highest BCUT2D eigenvalue weighted by Crippen LogP contribution is 2.20. The standard InChI is InChI=1S/C22H36F8N6O7S/c1-3-33(7-5-31-18(37)15(23)24)9-11-35(19(38)16(25)26)13-14-36(20(39)17(27)28)12-10-34(4-2)8-6-32-21(40)22(29,30)44(41,42)43/h15-17H,3-14H2,1-2H3,(H,31,37)(H,32,40)(H,41,42,43). The number of hydrogen-bond acceptors (Lipinski definition) is 8. The second-order valence-corrected chi connectivity index (χ2v) is 10.4. The largest absolute Gasteiger partial charge is 0.446 e. The zero-order chi connectivity index (χ0) is 34.3. The van der Waals surface area contributed by atoms with Crippen molar-refractivity contribution in [3.63, 3.8) is 0 Å². The maximum atomic E-state index is 13.3. The molecule has 0 bridgehead atoms. The lowest BCUT2D eigenvalue weighted by molar-refractivity contribution is -0.147. The van der Waals surface area contributed by atoms with E-state index in [-0.39, 0.29) is 52.4 Å². The molecule has 0 aromatic carbocycles. The van der Waals surface area contributed by atoms with E-state index in [9.17, 15) is 62.7 Å². The van der Waals surface area contributed by atoms with Gasteiger partial charge in [-0.05, 0) is 13.1 Å². The average molecular weight is 681 g/mol. The number of carbonyl (C=O) groups excluding carboxylic acids is 4. The predicted octanol–water partition coefficient (Wildman–Crippen LogP) is -0.204. The van der Waals surface area contributed by atoms with Crippen molar-refractivity contribution in [1.82, 2.24) is 30.2 Å². The van der Waals surface area contributed by atoms with Crippen molar-refractivity contribution >= 4 is 33.7 Å². The highest BCUT2D eigenvalue weighted by atomic mass is 32.2. The number of halogens is 8. The first-order valence-corrected chi connectivity index (χ1v) is 14.5. The van der Waals surface area contributed by atoms with Gasteiger partial charge in [0.1, 0.15) is 0 Å². The molecule has 0 aromatic heterocycles. The molecule has 0 rings (SSSR count). The van der Waals surface area contributed by atoms with E-state index in [1.54, 1.807) is 12.2 Å². The number of nitrogens with zero attached hydrogens (tertiary/aromatic N) is 4. The van der Waals surface area contributed by atoms with Crippen molar-refractivity contribution in [2.75, 3.05) is 78.5 Å². The van der Waals surface area contributed by atoms with Crippen LogP contribution in [0.2, 0.25) is 0 Å². The van der Waals surface area contributed by atoms with Gasteiger partial charge in [-0.3, -0.25) is 23.7 Å². The molecule has 0 aromatic rings. The Morgan fingerprint density at radius 1 is 0.659 bits per heavy atom. The average Bonchev–Trinajstić information content (AvgIpc) is 2.94. The zero-order valence-corrected chi connectivity index (χ0v) is 24.7. The Morgan fingerprint density at radius 2 is 1.02 bits per heavy atom. The molecule has 44 heavy (non-hydrogen) atoms. The van der Waals surface area contributed by atoms with Crippen LogP contribution in [0.15, 0.2) is 0 Å². The van der Waals surface area contributed by atoms with E-state index < -0.39 is 84.5 Å². The summed E-state index contributed by atoms with van der Waals surface area (Å²) in [5, 5.41) is -1.57. The second kappa shape index (κ2) is 19.5. The lowest BCUT2D eigenvalue weighted by atomic mass is 10.3. The molecule has 258 valence electrons. The molecule has 0 radical (unpaired) electrons. The molecule has 0 aliphatic rings. The first-order chi connectivity index (χ1) is 20.3. The van der Waals surface area contributed by atoms with Gasteiger partial charge >= 0.3 is 40.6 Å². The number of hydrogen-bond donors (Lipinski definition) is 3. The molecule has 0 saturated heterocycles. The highest BCUT2D eigenvalue weighted by Gasteiger charge is 2.52. The van der Waals surface area contributed by atoms with Crippen LogP contribution in [0.25, 0.3) is 0 Å². The van der Waals surface area contributed by atoms with Gasteiger partial charge < -0.3 is 30.2 Å². The molecule has 13 nitrogen and oxygen atoms in total. The summed E-state index contributed by atoms with van der Waals surface area (Å²) in [5.74, 6) is -7.18. The summed E-state index contributed by atoms with van der Waals surface area (Å²) in [6.07, 6.45) is -10.2. The molecule has 3 N–H and O–H groups in total. The Morgan fingerprint density at radius 3 is 1.34 bits per heavy atom. The minimum absolute atomic E-state index is 0.0163. The topological polar surface area (TPSA) is 160 Å². The van der Waals surface area contributed by atoms with Crippen molar-refractivity contribution in [2.24, 2.45) is 0 Å². The molecule has 4 amide bonds. The summed E-state index contributed by atoms with van der Waals surface area (Å²) in [6.45, 7) is 0.236. The fourth-order valence-corrected chi connectivity index (χ4v) is 3.83. The lowest BCUT2D eigenvalue weighted by Gasteiger charge is -2.31. The SMILES string of the molecule is CCN(CCNC(=O)C(F)F)CCN(CCN(CCN(CC)CCNC(=O)C(F)(F)S(=O)(=O)O)C(=O)C(F)F)C(=O)C(F)F. The monoisotopic (exact) mass is 680 g/mol. The van der Waals surface area contributed by atoms with E-state index in [0.717, 1.165) is 0 Å². The molecule has 0 aliphatic carbocycles. The molecule has 22 heteroatoms. The number of amides is 4. The van der Waals surface area contributed by atoms with Gasteiger partial charge in [-0.25, -0.2) is 0 Å². The van der Waals surface area contributed by atoms with Gasteiger partial charge in [-0.2, -0.15) is 43.5 Å². The normalized spacial score (nSPS) is 12.4. The Kier molecular flexibility index (Phi) is 18.3. The number of nitrogens with one attached hydrogen (secondary N) is 2. The fourth-order valence-electron chi connectivity index (χ4n) is 3.52. The van der Waals surface area contributed by atoms with E-state index in [4.69, 9.17) is 4.55 Å². The van der Waals surface area contributed by atoms with Crippen molar-refractivity contribution in [3.8, 4) is 0 Å². The molecule has 0 fully saturated rings. The molecule has 0 heterocycles. The minimum atomic E-state index is -6.03. The van der Waals surface area contributed by atoms with Crippen LogP contribution in [-0.4, -0.2) is 159 Å². The highest BCUT2D eigenvalue weighted by molar-refractivity contribution is 7.87. The van der Waals surface area contributed by atoms with Crippen LogP contribution in [0.4, 0.5) is 35.1 Å². The maximum Gasteiger partial charge on any atom is 0.446 e. The molecule has 0 unspecified atom stereocenters. The summed E-state index contributed by atoms with van der Waals surface area (Å²) < 4.78 is 134. The fraction of sp³-hybridized carbons (Fsp3) is 0.818. The summed E-state index contributed by atoms with van der Waals surface area (Å²) in [5.41, 5.74) is 0. The van der Waals surface area contributed by atoms with Crippen molar-refractivity contribution < 1.29 is 67.3 Å². The van der Waals surface area contributed by atoms with Gasteiger partial charge in [0.05, 0.1) is 0 Å². The third kappa shape index (κ3) is 14.3. The van der Waals surface area contributed by atoms with E-state index >= 15 is 0 Å². The van der Waals surface area contributed by atoms with E-state index in [1.165, 1.54) is 16.7 Å². The van der Waals surface area contributed by atoms with E-state index in [0.29, 0.717) is 9.80 Å². The van der Waals surface area contributed by atoms with Crippen LogP contribution in [-0.2, 0) is 29.3 Å². The smallest absolute Gasteiger partial charge is 0.350 e. The molecule has 0 atom stereocenters. The minimum Gasteiger partial charge on any atom is -0.350 e. The zero-order valence-electron chi connectivity index (χ0n) is 23.8. The van der Waals surface area contributed by atoms with Crippen molar-refractivity contribution in [2.45, 2.75) is 38.4 Å². The number of likely N-dealkylation sites (N-methyl/N-ethyl adjacent to an activating group) is 2. The third-order valence-corrected chi connectivity index (χ3v) is 6.96. The van der Waals surface area contributed by atoms with Gasteiger partial charge in [0.2, 0.25) is 0 Å². The molecule has 0 spiro atoms. The number of rotatable bonds is 22. The van der Waals surface area contributed by atoms with Gasteiger partial charge in [0, 0.05) is 65.4 Å². The molecule has 0 saturated carbocycles. The number of alkyl halides is 8.